The van der Waals surface area contributed by atoms with E-state index in [-0.39, 0.29) is 17.8 Å². The van der Waals surface area contributed by atoms with Crippen LogP contribution in [0.2, 0.25) is 0 Å². The maximum absolute atomic E-state index is 11.0. The Kier molecular flexibility index (Phi) is 3.94. The van der Waals surface area contributed by atoms with Crippen LogP contribution in [-0.4, -0.2) is 35.7 Å². The molecule has 0 radical (unpaired) electrons. The fourth-order valence-electron chi connectivity index (χ4n) is 0.927. The van der Waals surface area contributed by atoms with Gasteiger partial charge in [0.15, 0.2) is 0 Å². The van der Waals surface area contributed by atoms with E-state index < -0.39 is 0 Å². The molecule has 0 saturated carbocycles. The minimum atomic E-state index is -0.280. The van der Waals surface area contributed by atoms with Crippen LogP contribution >= 0.6 is 12.6 Å². The Morgan fingerprint density at radius 1 is 1.38 bits per heavy atom. The molecule has 1 aliphatic heterocycles. The molecule has 0 saturated heterocycles. The molecule has 0 atom stereocenters. The highest BCUT2D eigenvalue weighted by molar-refractivity contribution is 7.80. The number of carbonyl (C=O) groups is 2. The first-order valence-electron chi connectivity index (χ1n) is 3.74. The first-order valence-corrected chi connectivity index (χ1v) is 4.38. The van der Waals surface area contributed by atoms with Crippen molar-refractivity contribution in [2.75, 3.05) is 19.0 Å². The van der Waals surface area contributed by atoms with Gasteiger partial charge in [-0.25, -0.2) is 0 Å². The monoisotopic (exact) mass is 202 g/mol. The second kappa shape index (κ2) is 5.00. The van der Waals surface area contributed by atoms with E-state index in [4.69, 9.17) is 4.84 Å². The molecule has 6 heteroatoms. The number of nitrogens with one attached hydrogen (secondary N) is 1. The van der Waals surface area contributed by atoms with Gasteiger partial charge in [-0.3, -0.25) is 19.3 Å². The van der Waals surface area contributed by atoms with Crippen molar-refractivity contribution in [2.45, 2.75) is 0 Å². The summed E-state index contributed by atoms with van der Waals surface area (Å²) in [6, 6.07) is 0. The van der Waals surface area contributed by atoms with Gasteiger partial charge in [-0.05, 0) is 0 Å². The molecule has 0 aliphatic carbocycles. The summed E-state index contributed by atoms with van der Waals surface area (Å²) in [4.78, 5) is 27.8. The molecule has 0 aromatic carbocycles. The Morgan fingerprint density at radius 2 is 2.00 bits per heavy atom. The van der Waals surface area contributed by atoms with Gasteiger partial charge in [-0.15, -0.1) is 12.6 Å². The first-order chi connectivity index (χ1) is 6.25. The number of hydrogen-bond donors (Lipinski definition) is 2. The highest BCUT2D eigenvalue weighted by atomic mass is 32.1. The van der Waals surface area contributed by atoms with Crippen molar-refractivity contribution >= 4 is 24.4 Å². The fraction of sp³-hybridized carbons (Fsp3) is 0.429. The van der Waals surface area contributed by atoms with E-state index >= 15 is 0 Å². The van der Waals surface area contributed by atoms with Crippen LogP contribution in [0, 0.1) is 0 Å². The van der Waals surface area contributed by atoms with Crippen molar-refractivity contribution in [3.63, 3.8) is 0 Å². The van der Waals surface area contributed by atoms with E-state index in [1.54, 1.807) is 0 Å². The molecule has 5 nitrogen and oxygen atoms in total. The SMILES string of the molecule is O=C1C=CC(=O)N1CCNOCS. The molecule has 2 amide bonds. The van der Waals surface area contributed by atoms with Gasteiger partial charge in [-0.1, -0.05) is 0 Å². The first kappa shape index (κ1) is 10.2. The maximum atomic E-state index is 11.0. The van der Waals surface area contributed by atoms with Gasteiger partial charge in [0, 0.05) is 25.2 Å². The van der Waals surface area contributed by atoms with Gasteiger partial charge < -0.3 is 0 Å². The van der Waals surface area contributed by atoms with E-state index in [9.17, 15) is 9.59 Å². The van der Waals surface area contributed by atoms with Gasteiger partial charge in [0.1, 0.15) is 5.94 Å². The topological polar surface area (TPSA) is 58.6 Å². The van der Waals surface area contributed by atoms with E-state index in [0.717, 1.165) is 4.90 Å². The molecule has 0 aromatic heterocycles. The summed E-state index contributed by atoms with van der Waals surface area (Å²) < 4.78 is 0. The molecule has 1 N–H and O–H groups in total. The number of rotatable bonds is 5. The number of imide groups is 1. The molecule has 13 heavy (non-hydrogen) atoms. The molecule has 1 aliphatic rings. The van der Waals surface area contributed by atoms with Crippen molar-refractivity contribution in [2.24, 2.45) is 0 Å². The van der Waals surface area contributed by atoms with Gasteiger partial charge in [0.25, 0.3) is 11.8 Å². The standard InChI is InChI=1S/C7H10N2O3S/c10-6-1-2-7(11)9(6)4-3-8-12-5-13/h1-2,8,13H,3-5H2. The zero-order valence-electron chi connectivity index (χ0n) is 6.90. The molecule has 72 valence electrons. The maximum Gasteiger partial charge on any atom is 0.253 e. The van der Waals surface area contributed by atoms with Crippen molar-refractivity contribution in [1.29, 1.82) is 0 Å². The second-order valence-corrected chi connectivity index (χ2v) is 2.59. The third-order valence-corrected chi connectivity index (χ3v) is 1.63. The number of hydroxylamine groups is 1. The Morgan fingerprint density at radius 3 is 2.54 bits per heavy atom. The molecule has 0 aromatic rings. The zero-order chi connectivity index (χ0) is 9.68. The van der Waals surface area contributed by atoms with Gasteiger partial charge in [-0.2, -0.15) is 5.48 Å². The summed E-state index contributed by atoms with van der Waals surface area (Å²) in [6.07, 6.45) is 2.50. The summed E-state index contributed by atoms with van der Waals surface area (Å²) in [5.41, 5.74) is 2.55. The number of thiol groups is 1. The van der Waals surface area contributed by atoms with E-state index in [1.807, 2.05) is 0 Å². The Balaban J connectivity index is 2.22. The molecular weight excluding hydrogens is 192 g/mol. The van der Waals surface area contributed by atoms with Gasteiger partial charge >= 0.3 is 0 Å². The van der Waals surface area contributed by atoms with E-state index in [1.165, 1.54) is 12.2 Å². The summed E-state index contributed by atoms with van der Waals surface area (Å²) in [7, 11) is 0. The van der Waals surface area contributed by atoms with Gasteiger partial charge in [0.2, 0.25) is 0 Å². The van der Waals surface area contributed by atoms with Crippen LogP contribution in [0.15, 0.2) is 12.2 Å². The van der Waals surface area contributed by atoms with Crippen LogP contribution < -0.4 is 5.48 Å². The summed E-state index contributed by atoms with van der Waals surface area (Å²) in [6.45, 7) is 0.707. The third kappa shape index (κ3) is 2.83. The lowest BCUT2D eigenvalue weighted by Gasteiger charge is -2.13. The van der Waals surface area contributed by atoms with E-state index in [2.05, 4.69) is 18.1 Å². The second-order valence-electron chi connectivity index (χ2n) is 2.33. The molecule has 0 unspecified atom stereocenters. The quantitative estimate of drug-likeness (QED) is 0.204. The number of amides is 2. The van der Waals surface area contributed by atoms with Crippen molar-refractivity contribution in [3.8, 4) is 0 Å². The number of carbonyl (C=O) groups excluding carboxylic acids is 2. The Bertz CT molecular complexity index is 224. The molecular formula is C7H10N2O3S. The molecule has 0 bridgehead atoms. The summed E-state index contributed by atoms with van der Waals surface area (Å²) in [5, 5.41) is 0. The normalized spacial score (nSPS) is 15.9. The Labute approximate surface area is 81.1 Å². The van der Waals surface area contributed by atoms with Crippen LogP contribution in [0.4, 0.5) is 0 Å². The van der Waals surface area contributed by atoms with Crippen molar-refractivity contribution in [1.82, 2.24) is 10.4 Å². The van der Waals surface area contributed by atoms with Crippen LogP contribution in [0.5, 0.6) is 0 Å². The molecule has 0 fully saturated rings. The van der Waals surface area contributed by atoms with Crippen LogP contribution in [0.3, 0.4) is 0 Å². The van der Waals surface area contributed by atoms with Crippen LogP contribution in [0.25, 0.3) is 0 Å². The predicted octanol–water partition coefficient (Wildman–Crippen LogP) is -0.680. The zero-order valence-corrected chi connectivity index (χ0v) is 7.79. The van der Waals surface area contributed by atoms with Crippen LogP contribution in [-0.2, 0) is 14.4 Å². The van der Waals surface area contributed by atoms with E-state index in [0.29, 0.717) is 13.1 Å². The minimum absolute atomic E-state index is 0.250. The van der Waals surface area contributed by atoms with Crippen molar-refractivity contribution < 1.29 is 14.4 Å². The lowest BCUT2D eigenvalue weighted by molar-refractivity contribution is -0.137. The summed E-state index contributed by atoms with van der Waals surface area (Å²) >= 11 is 3.79. The smallest absolute Gasteiger partial charge is 0.253 e. The number of hydrogen-bond acceptors (Lipinski definition) is 5. The highest BCUT2D eigenvalue weighted by Crippen LogP contribution is 2.01. The fourth-order valence-corrected chi connectivity index (χ4v) is 1.02. The van der Waals surface area contributed by atoms with Gasteiger partial charge in [0.05, 0.1) is 0 Å². The highest BCUT2D eigenvalue weighted by Gasteiger charge is 2.22. The third-order valence-electron chi connectivity index (χ3n) is 1.50. The average Bonchev–Trinajstić information content (AvgIpc) is 2.42. The lowest BCUT2D eigenvalue weighted by Crippen LogP contribution is -2.36. The molecule has 1 rings (SSSR count). The van der Waals surface area contributed by atoms with Crippen LogP contribution in [0.1, 0.15) is 0 Å². The number of nitrogens with zero attached hydrogens (tertiary/aromatic N) is 1. The molecule has 0 spiro atoms. The summed E-state index contributed by atoms with van der Waals surface area (Å²) in [5.74, 6) is -0.310. The predicted molar refractivity (Wildman–Crippen MR) is 48.8 cm³/mol. The molecule has 1 heterocycles. The Hall–Kier alpha value is -0.850. The van der Waals surface area contributed by atoms with Crippen molar-refractivity contribution in [3.05, 3.63) is 12.2 Å². The minimum Gasteiger partial charge on any atom is -0.291 e. The average molecular weight is 202 g/mol. The lowest BCUT2D eigenvalue weighted by atomic mass is 10.5. The largest absolute Gasteiger partial charge is 0.291 e.